The van der Waals surface area contributed by atoms with E-state index in [1.54, 1.807) is 12.1 Å². The Morgan fingerprint density at radius 1 is 1.00 bits per heavy atom. The van der Waals surface area contributed by atoms with Crippen molar-refractivity contribution in [1.82, 2.24) is 5.43 Å². The molecule has 0 aliphatic rings. The summed E-state index contributed by atoms with van der Waals surface area (Å²) >= 11 is 0. The molecule has 0 radical (unpaired) electrons. The quantitative estimate of drug-likeness (QED) is 0.503. The molecule has 0 fully saturated rings. The molecule has 0 spiro atoms. The highest BCUT2D eigenvalue weighted by molar-refractivity contribution is 5.97. The van der Waals surface area contributed by atoms with Gasteiger partial charge in [0, 0.05) is 6.07 Å². The number of hydrogen-bond acceptors (Lipinski definition) is 5. The zero-order valence-corrected chi connectivity index (χ0v) is 10.3. The highest BCUT2D eigenvalue weighted by atomic mass is 16.3. The minimum atomic E-state index is -0.600. The Kier molecular flexibility index (Phi) is 3.85. The largest absolute Gasteiger partial charge is 0.508 e. The summed E-state index contributed by atoms with van der Waals surface area (Å²) in [4.78, 5) is 11.7. The first-order valence-electron chi connectivity index (χ1n) is 5.70. The lowest BCUT2D eigenvalue weighted by atomic mass is 10.2. The standard InChI is InChI=1S/C14H12N2O4/c17-10-3-1-9(2-4-10)8-15-16-14(20)12-6-5-11(18)7-13(12)19/h1-8,17-19H,(H,16,20). The molecule has 4 N–H and O–H groups in total. The second kappa shape index (κ2) is 5.75. The average molecular weight is 272 g/mol. The Morgan fingerprint density at radius 3 is 2.30 bits per heavy atom. The number of phenolic OH excluding ortho intramolecular Hbond substituents is 3. The molecule has 102 valence electrons. The molecule has 6 nitrogen and oxygen atoms in total. The van der Waals surface area contributed by atoms with Crippen LogP contribution in [-0.2, 0) is 0 Å². The molecule has 0 atom stereocenters. The molecule has 0 bridgehead atoms. The summed E-state index contributed by atoms with van der Waals surface area (Å²) in [5.74, 6) is -0.924. The second-order valence-corrected chi connectivity index (χ2v) is 3.99. The van der Waals surface area contributed by atoms with E-state index in [2.05, 4.69) is 10.5 Å². The van der Waals surface area contributed by atoms with Crippen molar-refractivity contribution in [2.45, 2.75) is 0 Å². The monoisotopic (exact) mass is 272 g/mol. The molecule has 2 aromatic carbocycles. The van der Waals surface area contributed by atoms with Gasteiger partial charge in [0.1, 0.15) is 17.2 Å². The van der Waals surface area contributed by atoms with Crippen LogP contribution in [0.5, 0.6) is 17.2 Å². The van der Waals surface area contributed by atoms with Gasteiger partial charge in [0.05, 0.1) is 11.8 Å². The molecule has 2 rings (SSSR count). The number of phenols is 3. The van der Waals surface area contributed by atoms with Crippen LogP contribution in [0.2, 0.25) is 0 Å². The number of nitrogens with zero attached hydrogens (tertiary/aromatic N) is 1. The number of carbonyl (C=O) groups excluding carboxylic acids is 1. The summed E-state index contributed by atoms with van der Waals surface area (Å²) in [6.45, 7) is 0. The predicted molar refractivity (Wildman–Crippen MR) is 72.9 cm³/mol. The molecule has 6 heteroatoms. The zero-order chi connectivity index (χ0) is 14.5. The summed E-state index contributed by atoms with van der Waals surface area (Å²) in [6, 6.07) is 9.89. The molecule has 0 aliphatic heterocycles. The number of benzene rings is 2. The molecule has 2 aromatic rings. The fourth-order valence-electron chi connectivity index (χ4n) is 1.50. The van der Waals surface area contributed by atoms with Crippen molar-refractivity contribution in [3.63, 3.8) is 0 Å². The van der Waals surface area contributed by atoms with Gasteiger partial charge < -0.3 is 15.3 Å². The number of nitrogens with one attached hydrogen (secondary N) is 1. The zero-order valence-electron chi connectivity index (χ0n) is 10.3. The van der Waals surface area contributed by atoms with Gasteiger partial charge in [0.15, 0.2) is 0 Å². The summed E-state index contributed by atoms with van der Waals surface area (Å²) in [7, 11) is 0. The molecule has 0 saturated heterocycles. The van der Waals surface area contributed by atoms with E-state index in [-0.39, 0.29) is 22.8 Å². The van der Waals surface area contributed by atoms with Crippen LogP contribution in [0.1, 0.15) is 15.9 Å². The topological polar surface area (TPSA) is 102 Å². The lowest BCUT2D eigenvalue weighted by Crippen LogP contribution is -2.17. The average Bonchev–Trinajstić information content (AvgIpc) is 2.41. The number of hydrogen-bond donors (Lipinski definition) is 4. The highest BCUT2D eigenvalue weighted by Gasteiger charge is 2.10. The number of hydrazone groups is 1. The van der Waals surface area contributed by atoms with E-state index >= 15 is 0 Å². The van der Waals surface area contributed by atoms with E-state index in [1.165, 1.54) is 30.5 Å². The Morgan fingerprint density at radius 2 is 1.65 bits per heavy atom. The van der Waals surface area contributed by atoms with E-state index in [1.807, 2.05) is 0 Å². The highest BCUT2D eigenvalue weighted by Crippen LogP contribution is 2.22. The Bertz CT molecular complexity index is 651. The van der Waals surface area contributed by atoms with Crippen LogP contribution in [0.4, 0.5) is 0 Å². The van der Waals surface area contributed by atoms with Gasteiger partial charge in [0.2, 0.25) is 0 Å². The first-order chi connectivity index (χ1) is 9.56. The maximum atomic E-state index is 11.7. The minimum Gasteiger partial charge on any atom is -0.508 e. The first kappa shape index (κ1) is 13.4. The molecule has 1 amide bonds. The van der Waals surface area contributed by atoms with Crippen molar-refractivity contribution < 1.29 is 20.1 Å². The molecule has 0 unspecified atom stereocenters. The van der Waals surface area contributed by atoms with Crippen LogP contribution in [0.15, 0.2) is 47.6 Å². The lowest BCUT2D eigenvalue weighted by molar-refractivity contribution is 0.0952. The van der Waals surface area contributed by atoms with Gasteiger partial charge in [-0.05, 0) is 42.0 Å². The van der Waals surface area contributed by atoms with E-state index in [0.29, 0.717) is 5.56 Å². The summed E-state index contributed by atoms with van der Waals surface area (Å²) in [5.41, 5.74) is 2.95. The van der Waals surface area contributed by atoms with E-state index in [0.717, 1.165) is 6.07 Å². The van der Waals surface area contributed by atoms with Gasteiger partial charge in [-0.2, -0.15) is 5.10 Å². The van der Waals surface area contributed by atoms with Crippen molar-refractivity contribution in [1.29, 1.82) is 0 Å². The normalized spacial score (nSPS) is 10.6. The van der Waals surface area contributed by atoms with Crippen molar-refractivity contribution in [3.8, 4) is 17.2 Å². The summed E-state index contributed by atoms with van der Waals surface area (Å²) in [6.07, 6.45) is 1.40. The smallest absolute Gasteiger partial charge is 0.275 e. The Balaban J connectivity index is 2.03. The fourth-order valence-corrected chi connectivity index (χ4v) is 1.50. The van der Waals surface area contributed by atoms with E-state index in [9.17, 15) is 9.90 Å². The fraction of sp³-hybridized carbons (Fsp3) is 0. The maximum absolute atomic E-state index is 11.7. The van der Waals surface area contributed by atoms with Crippen molar-refractivity contribution in [2.24, 2.45) is 5.10 Å². The predicted octanol–water partition coefficient (Wildman–Crippen LogP) is 1.57. The van der Waals surface area contributed by atoms with Crippen molar-refractivity contribution >= 4 is 12.1 Å². The van der Waals surface area contributed by atoms with Crippen LogP contribution in [0.25, 0.3) is 0 Å². The molecule has 0 aromatic heterocycles. The van der Waals surface area contributed by atoms with Gasteiger partial charge >= 0.3 is 0 Å². The van der Waals surface area contributed by atoms with Crippen LogP contribution >= 0.6 is 0 Å². The Hall–Kier alpha value is -3.02. The molecule has 0 heterocycles. The SMILES string of the molecule is O=C(NN=Cc1ccc(O)cc1)c1ccc(O)cc1O. The van der Waals surface area contributed by atoms with Crippen LogP contribution in [-0.4, -0.2) is 27.4 Å². The Labute approximate surface area is 114 Å². The lowest BCUT2D eigenvalue weighted by Gasteiger charge is -2.03. The third-order valence-electron chi connectivity index (χ3n) is 2.50. The molecular formula is C14H12N2O4. The van der Waals surface area contributed by atoms with Gasteiger partial charge in [-0.25, -0.2) is 5.43 Å². The number of aromatic hydroxyl groups is 3. The molecule has 20 heavy (non-hydrogen) atoms. The molecule has 0 saturated carbocycles. The number of rotatable bonds is 3. The van der Waals surface area contributed by atoms with E-state index < -0.39 is 5.91 Å². The molecular weight excluding hydrogens is 260 g/mol. The first-order valence-corrected chi connectivity index (χ1v) is 5.70. The summed E-state index contributed by atoms with van der Waals surface area (Å²) < 4.78 is 0. The summed E-state index contributed by atoms with van der Waals surface area (Å²) in [5, 5.41) is 31.5. The van der Waals surface area contributed by atoms with Crippen molar-refractivity contribution in [2.75, 3.05) is 0 Å². The minimum absolute atomic E-state index is 0.00524. The second-order valence-electron chi connectivity index (χ2n) is 3.99. The van der Waals surface area contributed by atoms with Gasteiger partial charge in [-0.3, -0.25) is 4.79 Å². The van der Waals surface area contributed by atoms with Crippen LogP contribution < -0.4 is 5.43 Å². The van der Waals surface area contributed by atoms with Crippen LogP contribution in [0, 0.1) is 0 Å². The maximum Gasteiger partial charge on any atom is 0.275 e. The third kappa shape index (κ3) is 3.26. The third-order valence-corrected chi connectivity index (χ3v) is 2.50. The number of amides is 1. The van der Waals surface area contributed by atoms with Crippen molar-refractivity contribution in [3.05, 3.63) is 53.6 Å². The molecule has 0 aliphatic carbocycles. The van der Waals surface area contributed by atoms with Gasteiger partial charge in [-0.15, -0.1) is 0 Å². The number of carbonyl (C=O) groups is 1. The van der Waals surface area contributed by atoms with Crippen LogP contribution in [0.3, 0.4) is 0 Å². The van der Waals surface area contributed by atoms with E-state index in [4.69, 9.17) is 10.2 Å². The van der Waals surface area contributed by atoms with Gasteiger partial charge in [0.25, 0.3) is 5.91 Å². The van der Waals surface area contributed by atoms with Gasteiger partial charge in [-0.1, -0.05) is 0 Å².